The van der Waals surface area contributed by atoms with Crippen LogP contribution in [0.3, 0.4) is 0 Å². The number of aromatic nitrogens is 2. The van der Waals surface area contributed by atoms with Crippen LogP contribution in [-0.4, -0.2) is 64.5 Å². The molecule has 1 aromatic heterocycles. The Morgan fingerprint density at radius 1 is 1.18 bits per heavy atom. The summed E-state index contributed by atoms with van der Waals surface area (Å²) in [5.41, 5.74) is 5.01. The van der Waals surface area contributed by atoms with Gasteiger partial charge < -0.3 is 20.3 Å². The number of nitrogens with zero attached hydrogens (tertiary/aromatic N) is 5. The number of ether oxygens (including phenoxy) is 1. The lowest BCUT2D eigenvalue weighted by Gasteiger charge is -2.34. The third-order valence-corrected chi connectivity index (χ3v) is 4.26. The summed E-state index contributed by atoms with van der Waals surface area (Å²) >= 11 is 0. The molecule has 11 heteroatoms. The molecule has 2 N–H and O–H groups in total. The molecule has 0 saturated carbocycles. The second-order valence-corrected chi connectivity index (χ2v) is 6.02. The number of nitro benzene ring substituents is 1. The normalized spacial score (nSPS) is 13.9. The summed E-state index contributed by atoms with van der Waals surface area (Å²) in [6.07, 6.45) is 3.31. The van der Waals surface area contributed by atoms with Crippen LogP contribution in [-0.2, 0) is 9.53 Å². The monoisotopic (exact) mass is 386 g/mol. The van der Waals surface area contributed by atoms with Crippen molar-refractivity contribution in [2.45, 2.75) is 0 Å². The largest absolute Gasteiger partial charge is 0.452 e. The number of carbonyl (C=O) groups excluding carboxylic acids is 2. The number of hydrogen-bond acceptors (Lipinski definition) is 9. The van der Waals surface area contributed by atoms with Crippen LogP contribution in [0.25, 0.3) is 0 Å². The van der Waals surface area contributed by atoms with Gasteiger partial charge in [0.25, 0.3) is 11.6 Å². The number of nitrogens with two attached hydrogens (primary N) is 1. The molecule has 0 radical (unpaired) electrons. The van der Waals surface area contributed by atoms with E-state index < -0.39 is 17.5 Å². The highest BCUT2D eigenvalue weighted by Gasteiger charge is 2.24. The number of rotatable bonds is 5. The zero-order valence-electron chi connectivity index (χ0n) is 14.9. The number of carbonyl (C=O) groups is 2. The summed E-state index contributed by atoms with van der Waals surface area (Å²) < 4.78 is 5.00. The quantitative estimate of drug-likeness (QED) is 0.335. The minimum atomic E-state index is -0.826. The maximum Gasteiger partial charge on any atom is 0.338 e. The van der Waals surface area contributed by atoms with Crippen molar-refractivity contribution in [1.82, 2.24) is 14.9 Å². The predicted octanol–water partition coefficient (Wildman–Crippen LogP) is 0.473. The molecule has 0 bridgehead atoms. The van der Waals surface area contributed by atoms with Gasteiger partial charge in [-0.2, -0.15) is 0 Å². The Morgan fingerprint density at radius 2 is 1.86 bits per heavy atom. The number of esters is 1. The van der Waals surface area contributed by atoms with E-state index in [4.69, 9.17) is 10.5 Å². The van der Waals surface area contributed by atoms with Gasteiger partial charge in [-0.05, 0) is 18.2 Å². The average molecular weight is 386 g/mol. The molecule has 1 saturated heterocycles. The standard InChI is InChI=1S/C17H18N6O5/c18-13-3-2-12(10-14(13)23(26)27)16(25)28-11-15(24)21-6-8-22(9-7-21)17-19-4-1-5-20-17/h1-5,10H,6-9,11,18H2. The molecule has 0 atom stereocenters. The first kappa shape index (κ1) is 19.0. The highest BCUT2D eigenvalue weighted by molar-refractivity contribution is 5.92. The lowest BCUT2D eigenvalue weighted by molar-refractivity contribution is -0.383. The molecule has 0 unspecified atom stereocenters. The van der Waals surface area contributed by atoms with Crippen LogP contribution < -0.4 is 10.6 Å². The van der Waals surface area contributed by atoms with Gasteiger partial charge in [-0.3, -0.25) is 14.9 Å². The molecule has 1 amide bonds. The summed E-state index contributed by atoms with van der Waals surface area (Å²) in [6.45, 7) is 1.57. The van der Waals surface area contributed by atoms with Gasteiger partial charge >= 0.3 is 5.97 Å². The topological polar surface area (TPSA) is 145 Å². The molecule has 2 heterocycles. The van der Waals surface area contributed by atoms with Crippen LogP contribution in [0.15, 0.2) is 36.7 Å². The van der Waals surface area contributed by atoms with Crippen molar-refractivity contribution in [3.05, 3.63) is 52.3 Å². The minimum Gasteiger partial charge on any atom is -0.452 e. The SMILES string of the molecule is Nc1ccc(C(=O)OCC(=O)N2CCN(c3ncccn3)CC2)cc1[N+](=O)[O-]. The predicted molar refractivity (Wildman–Crippen MR) is 98.6 cm³/mol. The number of benzene rings is 1. The smallest absolute Gasteiger partial charge is 0.338 e. The molecule has 3 rings (SSSR count). The van der Waals surface area contributed by atoms with Crippen molar-refractivity contribution in [2.24, 2.45) is 0 Å². The molecule has 1 aromatic carbocycles. The molecule has 2 aromatic rings. The van der Waals surface area contributed by atoms with Crippen molar-refractivity contribution in [2.75, 3.05) is 43.4 Å². The Kier molecular flexibility index (Phi) is 5.63. The lowest BCUT2D eigenvalue weighted by atomic mass is 10.2. The van der Waals surface area contributed by atoms with Gasteiger partial charge in [0.15, 0.2) is 6.61 Å². The van der Waals surface area contributed by atoms with Crippen LogP contribution in [0.1, 0.15) is 10.4 Å². The molecule has 1 aliphatic rings. The summed E-state index contributed by atoms with van der Waals surface area (Å²) in [5, 5.41) is 10.9. The molecule has 28 heavy (non-hydrogen) atoms. The fraction of sp³-hybridized carbons (Fsp3) is 0.294. The van der Waals surface area contributed by atoms with E-state index in [1.54, 1.807) is 23.4 Å². The molecule has 11 nitrogen and oxygen atoms in total. The van der Waals surface area contributed by atoms with Gasteiger partial charge in [-0.15, -0.1) is 0 Å². The Balaban J connectivity index is 1.51. The van der Waals surface area contributed by atoms with Crippen LogP contribution in [0.5, 0.6) is 0 Å². The minimum absolute atomic E-state index is 0.0419. The van der Waals surface area contributed by atoms with Crippen molar-refractivity contribution < 1.29 is 19.2 Å². The summed E-state index contributed by atoms with van der Waals surface area (Å²) in [5.74, 6) is -0.564. The Bertz CT molecular complexity index is 883. The zero-order chi connectivity index (χ0) is 20.1. The Labute approximate surface area is 159 Å². The number of nitrogen functional groups attached to an aromatic ring is 1. The number of amides is 1. The van der Waals surface area contributed by atoms with Crippen LogP contribution in [0.4, 0.5) is 17.3 Å². The van der Waals surface area contributed by atoms with Gasteiger partial charge in [0.2, 0.25) is 5.95 Å². The maximum absolute atomic E-state index is 12.3. The van der Waals surface area contributed by atoms with Crippen molar-refractivity contribution in [3.63, 3.8) is 0 Å². The summed E-state index contributed by atoms with van der Waals surface area (Å²) in [4.78, 5) is 46.5. The van der Waals surface area contributed by atoms with E-state index in [0.717, 1.165) is 6.07 Å². The van der Waals surface area contributed by atoms with Crippen LogP contribution in [0, 0.1) is 10.1 Å². The Hall–Kier alpha value is -3.76. The third-order valence-electron chi connectivity index (χ3n) is 4.26. The van der Waals surface area contributed by atoms with E-state index in [1.807, 2.05) is 4.90 Å². The third kappa shape index (κ3) is 4.31. The first-order valence-corrected chi connectivity index (χ1v) is 8.46. The fourth-order valence-corrected chi connectivity index (χ4v) is 2.74. The highest BCUT2D eigenvalue weighted by Crippen LogP contribution is 2.22. The number of anilines is 2. The second kappa shape index (κ2) is 8.29. The molecule has 1 aliphatic heterocycles. The zero-order valence-corrected chi connectivity index (χ0v) is 14.9. The summed E-state index contributed by atoms with van der Waals surface area (Å²) in [6, 6.07) is 5.32. The first-order chi connectivity index (χ1) is 13.5. The molecular formula is C17H18N6O5. The van der Waals surface area contributed by atoms with Crippen LogP contribution >= 0.6 is 0 Å². The van der Waals surface area contributed by atoms with E-state index in [1.165, 1.54) is 12.1 Å². The van der Waals surface area contributed by atoms with Crippen LogP contribution in [0.2, 0.25) is 0 Å². The average Bonchev–Trinajstić information content (AvgIpc) is 2.72. The molecule has 1 fully saturated rings. The van der Waals surface area contributed by atoms with E-state index in [2.05, 4.69) is 9.97 Å². The Morgan fingerprint density at radius 3 is 2.50 bits per heavy atom. The van der Waals surface area contributed by atoms with Gasteiger partial charge in [0, 0.05) is 44.6 Å². The van der Waals surface area contributed by atoms with E-state index in [9.17, 15) is 19.7 Å². The van der Waals surface area contributed by atoms with Gasteiger partial charge in [0.1, 0.15) is 5.69 Å². The number of nitro groups is 1. The molecule has 0 aliphatic carbocycles. The lowest BCUT2D eigenvalue weighted by Crippen LogP contribution is -2.50. The van der Waals surface area contributed by atoms with Crippen molar-refractivity contribution in [1.29, 1.82) is 0 Å². The van der Waals surface area contributed by atoms with E-state index in [-0.39, 0.29) is 22.8 Å². The molecule has 146 valence electrons. The van der Waals surface area contributed by atoms with Gasteiger partial charge in [-0.1, -0.05) is 0 Å². The maximum atomic E-state index is 12.3. The van der Waals surface area contributed by atoms with E-state index >= 15 is 0 Å². The number of hydrogen-bond donors (Lipinski definition) is 1. The summed E-state index contributed by atoms with van der Waals surface area (Å²) in [7, 11) is 0. The van der Waals surface area contributed by atoms with Gasteiger partial charge in [-0.25, -0.2) is 14.8 Å². The second-order valence-electron chi connectivity index (χ2n) is 6.02. The van der Waals surface area contributed by atoms with Gasteiger partial charge in [0.05, 0.1) is 10.5 Å². The van der Waals surface area contributed by atoms with E-state index in [0.29, 0.717) is 32.1 Å². The molecular weight excluding hydrogens is 368 g/mol. The molecule has 0 spiro atoms. The van der Waals surface area contributed by atoms with Crippen molar-refractivity contribution >= 4 is 29.2 Å². The first-order valence-electron chi connectivity index (χ1n) is 8.46. The van der Waals surface area contributed by atoms with Crippen molar-refractivity contribution in [3.8, 4) is 0 Å². The fourth-order valence-electron chi connectivity index (χ4n) is 2.74. The number of piperazine rings is 1. The highest BCUT2D eigenvalue weighted by atomic mass is 16.6.